The number of carbonyl (C=O) groups excluding carboxylic acids is 1. The fourth-order valence-corrected chi connectivity index (χ4v) is 2.33. The van der Waals surface area contributed by atoms with Crippen molar-refractivity contribution in [2.24, 2.45) is 0 Å². The van der Waals surface area contributed by atoms with E-state index in [0.717, 1.165) is 0 Å². The quantitative estimate of drug-likeness (QED) is 0.466. The number of carboxylic acid groups (broad SMARTS) is 1. The van der Waals surface area contributed by atoms with Crippen LogP contribution in [0.25, 0.3) is 0 Å². The van der Waals surface area contributed by atoms with E-state index in [1.807, 2.05) is 13.2 Å². The van der Waals surface area contributed by atoms with Crippen LogP contribution >= 0.6 is 11.8 Å². The number of rotatable bonds is 6. The van der Waals surface area contributed by atoms with Gasteiger partial charge >= 0.3 is 5.97 Å². The molecular weight excluding hydrogens is 282 g/mol. The Morgan fingerprint density at radius 3 is 2.90 bits per heavy atom. The number of ether oxygens (including phenoxy) is 1. The van der Waals surface area contributed by atoms with Crippen LogP contribution in [-0.2, 0) is 9.53 Å². The van der Waals surface area contributed by atoms with Crippen molar-refractivity contribution in [3.8, 4) is 0 Å². The predicted octanol–water partition coefficient (Wildman–Crippen LogP) is 0.689. The molecule has 0 saturated carbocycles. The molecule has 20 heavy (non-hydrogen) atoms. The minimum atomic E-state index is -0.981. The number of thioether (sulfide) groups is 1. The molecule has 1 aliphatic rings. The molecule has 2 rings (SSSR count). The summed E-state index contributed by atoms with van der Waals surface area (Å²) >= 11 is 1.33. The Balaban J connectivity index is 2.40. The van der Waals surface area contributed by atoms with Crippen molar-refractivity contribution in [2.75, 3.05) is 24.3 Å². The van der Waals surface area contributed by atoms with Gasteiger partial charge in [-0.3, -0.25) is 9.59 Å². The van der Waals surface area contributed by atoms with Crippen LogP contribution in [0.1, 0.15) is 17.3 Å². The molecule has 0 aliphatic carbocycles. The Hall–Kier alpha value is -1.67. The number of carboxylic acids is 1. The highest BCUT2D eigenvalue weighted by Gasteiger charge is 2.36. The number of aldehydes is 1. The lowest BCUT2D eigenvalue weighted by Gasteiger charge is -2.42. The van der Waals surface area contributed by atoms with Gasteiger partial charge in [0.25, 0.3) is 0 Å². The molecule has 8 heteroatoms. The van der Waals surface area contributed by atoms with Crippen LogP contribution in [0.15, 0.2) is 11.4 Å². The van der Waals surface area contributed by atoms with Gasteiger partial charge in [-0.2, -0.15) is 0 Å². The van der Waals surface area contributed by atoms with Gasteiger partial charge in [0.15, 0.2) is 11.4 Å². The smallest absolute Gasteiger partial charge is 0.323 e. The number of aliphatic carboxylic acids is 1. The zero-order valence-corrected chi connectivity index (χ0v) is 12.0. The van der Waals surface area contributed by atoms with Gasteiger partial charge in [0.05, 0.1) is 24.3 Å². The lowest BCUT2D eigenvalue weighted by molar-refractivity contribution is -0.136. The number of hydrogen-bond donors (Lipinski definition) is 1. The van der Waals surface area contributed by atoms with Gasteiger partial charge in [-0.1, -0.05) is 11.8 Å². The first-order valence-electron chi connectivity index (χ1n) is 6.03. The van der Waals surface area contributed by atoms with Crippen molar-refractivity contribution >= 4 is 29.8 Å². The number of hydrogen-bond acceptors (Lipinski definition) is 7. The molecule has 1 aromatic heterocycles. The van der Waals surface area contributed by atoms with Crippen molar-refractivity contribution in [3.63, 3.8) is 0 Å². The van der Waals surface area contributed by atoms with E-state index in [1.54, 1.807) is 4.90 Å². The second kappa shape index (κ2) is 6.19. The van der Waals surface area contributed by atoms with E-state index in [2.05, 4.69) is 9.97 Å². The summed E-state index contributed by atoms with van der Waals surface area (Å²) in [6, 6.07) is -0.102. The highest BCUT2D eigenvalue weighted by molar-refractivity contribution is 7.98. The second-order valence-electron chi connectivity index (χ2n) is 4.38. The minimum Gasteiger partial charge on any atom is -0.480 e. The first kappa shape index (κ1) is 14.7. The fourth-order valence-electron chi connectivity index (χ4n) is 1.99. The van der Waals surface area contributed by atoms with Crippen LogP contribution in [0.2, 0.25) is 0 Å². The molecule has 1 aromatic rings. The molecule has 0 spiro atoms. The second-order valence-corrected chi connectivity index (χ2v) is 5.15. The zero-order valence-electron chi connectivity index (χ0n) is 11.1. The Labute approximate surface area is 120 Å². The Bertz CT molecular complexity index is 525. The van der Waals surface area contributed by atoms with Crippen LogP contribution in [-0.4, -0.2) is 58.9 Å². The molecule has 0 aromatic carbocycles. The zero-order chi connectivity index (χ0) is 14.7. The molecule has 7 nitrogen and oxygen atoms in total. The normalized spacial score (nSPS) is 21.1. The molecule has 0 amide bonds. The molecule has 1 aliphatic heterocycles. The van der Waals surface area contributed by atoms with E-state index < -0.39 is 5.97 Å². The van der Waals surface area contributed by atoms with Crippen molar-refractivity contribution in [3.05, 3.63) is 11.8 Å². The molecule has 2 heterocycles. The van der Waals surface area contributed by atoms with E-state index in [1.165, 1.54) is 18.0 Å². The van der Waals surface area contributed by atoms with E-state index in [4.69, 9.17) is 9.84 Å². The molecule has 1 fully saturated rings. The average molecular weight is 297 g/mol. The Kier molecular flexibility index (Phi) is 4.56. The number of carbonyl (C=O) groups is 2. The number of aromatic nitrogens is 2. The summed E-state index contributed by atoms with van der Waals surface area (Å²) in [5, 5.41) is 9.56. The summed E-state index contributed by atoms with van der Waals surface area (Å²) in [6.07, 6.45) is 3.77. The standard InChI is InChI=1S/C12H15N3O4S/c1-7-9(6-19-7)15(4-10(17)18)11-8(5-16)3-13-12(14-11)20-2/h3,5,7,9H,4,6H2,1-2H3,(H,17,18). The van der Waals surface area contributed by atoms with Crippen LogP contribution in [0.5, 0.6) is 0 Å². The SMILES string of the molecule is CSc1ncc(C=O)c(N(CC(=O)O)C2COC2C)n1. The van der Waals surface area contributed by atoms with Gasteiger partial charge in [-0.15, -0.1) is 0 Å². The Morgan fingerprint density at radius 2 is 2.45 bits per heavy atom. The Morgan fingerprint density at radius 1 is 1.70 bits per heavy atom. The van der Waals surface area contributed by atoms with Crippen molar-refractivity contribution < 1.29 is 19.4 Å². The first-order valence-corrected chi connectivity index (χ1v) is 7.25. The summed E-state index contributed by atoms with van der Waals surface area (Å²) in [5.41, 5.74) is 0.281. The fraction of sp³-hybridized carbons (Fsp3) is 0.500. The molecule has 1 saturated heterocycles. The lowest BCUT2D eigenvalue weighted by atomic mass is 10.1. The minimum absolute atomic E-state index is 0.0958. The highest BCUT2D eigenvalue weighted by atomic mass is 32.2. The largest absolute Gasteiger partial charge is 0.480 e. The third kappa shape index (κ3) is 2.91. The molecule has 0 bridgehead atoms. The average Bonchev–Trinajstić information content (AvgIpc) is 2.43. The summed E-state index contributed by atoms with van der Waals surface area (Å²) in [6.45, 7) is 2.05. The van der Waals surface area contributed by atoms with Crippen molar-refractivity contribution in [1.29, 1.82) is 0 Å². The summed E-state index contributed by atoms with van der Waals surface area (Å²) < 4.78 is 5.29. The van der Waals surface area contributed by atoms with E-state index in [-0.39, 0.29) is 24.3 Å². The van der Waals surface area contributed by atoms with Gasteiger partial charge in [-0.25, -0.2) is 9.97 Å². The maximum atomic E-state index is 11.1. The van der Waals surface area contributed by atoms with Crippen LogP contribution in [0.3, 0.4) is 0 Å². The lowest BCUT2D eigenvalue weighted by Crippen LogP contribution is -2.57. The highest BCUT2D eigenvalue weighted by Crippen LogP contribution is 2.27. The van der Waals surface area contributed by atoms with Crippen LogP contribution in [0, 0.1) is 0 Å². The van der Waals surface area contributed by atoms with Crippen LogP contribution < -0.4 is 4.90 Å². The summed E-state index contributed by atoms with van der Waals surface area (Å²) in [5.74, 6) is -0.632. The van der Waals surface area contributed by atoms with Crippen LogP contribution in [0.4, 0.5) is 5.82 Å². The van der Waals surface area contributed by atoms with E-state index >= 15 is 0 Å². The van der Waals surface area contributed by atoms with Crippen molar-refractivity contribution in [2.45, 2.75) is 24.2 Å². The molecule has 1 N–H and O–H groups in total. The third-order valence-corrected chi connectivity index (χ3v) is 3.69. The summed E-state index contributed by atoms with van der Waals surface area (Å²) in [7, 11) is 0. The maximum Gasteiger partial charge on any atom is 0.323 e. The molecule has 0 radical (unpaired) electrons. The molecule has 108 valence electrons. The monoisotopic (exact) mass is 297 g/mol. The predicted molar refractivity (Wildman–Crippen MR) is 73.4 cm³/mol. The van der Waals surface area contributed by atoms with Gasteiger partial charge in [0, 0.05) is 6.20 Å². The molecule has 2 atom stereocenters. The van der Waals surface area contributed by atoms with Gasteiger partial charge in [-0.05, 0) is 13.2 Å². The number of anilines is 1. The summed E-state index contributed by atoms with van der Waals surface area (Å²) in [4.78, 5) is 32.1. The third-order valence-electron chi connectivity index (χ3n) is 3.13. The van der Waals surface area contributed by atoms with Gasteiger partial charge < -0.3 is 14.7 Å². The molecule has 2 unspecified atom stereocenters. The van der Waals surface area contributed by atoms with E-state index in [9.17, 15) is 9.59 Å². The maximum absolute atomic E-state index is 11.1. The number of nitrogens with zero attached hydrogens (tertiary/aromatic N) is 3. The topological polar surface area (TPSA) is 92.6 Å². The van der Waals surface area contributed by atoms with E-state index in [0.29, 0.717) is 23.9 Å². The molecular formula is C12H15N3O4S. The van der Waals surface area contributed by atoms with Gasteiger partial charge in [0.2, 0.25) is 0 Å². The van der Waals surface area contributed by atoms with Gasteiger partial charge in [0.1, 0.15) is 12.4 Å². The first-order chi connectivity index (χ1) is 9.56. The van der Waals surface area contributed by atoms with Crippen molar-refractivity contribution in [1.82, 2.24) is 9.97 Å².